The van der Waals surface area contributed by atoms with Crippen LogP contribution in [-0.2, 0) is 10.0 Å². The Balaban J connectivity index is 3.28. The molecule has 1 aromatic rings. The van der Waals surface area contributed by atoms with Crippen molar-refractivity contribution in [2.45, 2.75) is 38.1 Å². The smallest absolute Gasteiger partial charge is 0.337 e. The minimum atomic E-state index is -3.75. The molecule has 0 fully saturated rings. The van der Waals surface area contributed by atoms with E-state index in [0.717, 1.165) is 6.07 Å². The van der Waals surface area contributed by atoms with Crippen LogP contribution in [0, 0.1) is 0 Å². The molecular formula is C13H20N2O4S. The van der Waals surface area contributed by atoms with E-state index < -0.39 is 21.5 Å². The number of hydrogen-bond acceptors (Lipinski definition) is 4. The largest absolute Gasteiger partial charge is 0.478 e. The molecule has 0 amide bonds. The summed E-state index contributed by atoms with van der Waals surface area (Å²) in [5, 5.41) is 12.0. The van der Waals surface area contributed by atoms with E-state index in [1.54, 1.807) is 20.8 Å². The summed E-state index contributed by atoms with van der Waals surface area (Å²) < 4.78 is 26.8. The van der Waals surface area contributed by atoms with Crippen molar-refractivity contribution in [3.8, 4) is 0 Å². The summed E-state index contributed by atoms with van der Waals surface area (Å²) in [6, 6.07) is 4.01. The first-order valence-electron chi connectivity index (χ1n) is 6.22. The molecule has 0 aromatic heterocycles. The van der Waals surface area contributed by atoms with Crippen molar-refractivity contribution in [1.29, 1.82) is 0 Å². The van der Waals surface area contributed by atoms with Crippen LogP contribution in [-0.4, -0.2) is 31.6 Å². The molecule has 0 aliphatic heterocycles. The molecule has 6 nitrogen and oxygen atoms in total. The number of rotatable bonds is 5. The van der Waals surface area contributed by atoms with Crippen LogP contribution in [0.5, 0.6) is 0 Å². The number of carboxylic acids is 1. The van der Waals surface area contributed by atoms with E-state index in [1.165, 1.54) is 12.1 Å². The highest BCUT2D eigenvalue weighted by Crippen LogP contribution is 2.21. The maximum atomic E-state index is 12.2. The molecule has 1 rings (SSSR count). The van der Waals surface area contributed by atoms with E-state index in [2.05, 4.69) is 10.0 Å². The van der Waals surface area contributed by atoms with Gasteiger partial charge in [0.15, 0.2) is 0 Å². The maximum Gasteiger partial charge on any atom is 0.337 e. The van der Waals surface area contributed by atoms with E-state index >= 15 is 0 Å². The maximum absolute atomic E-state index is 12.2. The molecule has 0 radical (unpaired) electrons. The molecule has 0 atom stereocenters. The van der Waals surface area contributed by atoms with E-state index in [9.17, 15) is 13.2 Å². The van der Waals surface area contributed by atoms with E-state index in [1.807, 2.05) is 6.92 Å². The number of hydrogen-bond donors (Lipinski definition) is 3. The van der Waals surface area contributed by atoms with Crippen molar-refractivity contribution < 1.29 is 18.3 Å². The summed E-state index contributed by atoms with van der Waals surface area (Å²) >= 11 is 0. The Morgan fingerprint density at radius 2 is 1.90 bits per heavy atom. The number of carbonyl (C=O) groups is 1. The highest BCUT2D eigenvalue weighted by Gasteiger charge is 2.23. The fraction of sp³-hybridized carbons (Fsp3) is 0.462. The van der Waals surface area contributed by atoms with Gasteiger partial charge in [-0.15, -0.1) is 0 Å². The lowest BCUT2D eigenvalue weighted by atomic mass is 10.1. The van der Waals surface area contributed by atoms with Crippen LogP contribution < -0.4 is 10.0 Å². The lowest BCUT2D eigenvalue weighted by molar-refractivity contribution is 0.0697. The predicted octanol–water partition coefficient (Wildman–Crippen LogP) is 1.89. The molecule has 112 valence electrons. The first-order valence-corrected chi connectivity index (χ1v) is 7.70. The molecule has 0 bridgehead atoms. The molecular weight excluding hydrogens is 280 g/mol. The normalized spacial score (nSPS) is 12.2. The van der Waals surface area contributed by atoms with Crippen molar-refractivity contribution in [1.82, 2.24) is 4.72 Å². The number of nitrogens with one attached hydrogen (secondary N) is 2. The van der Waals surface area contributed by atoms with Crippen LogP contribution in [0.15, 0.2) is 23.1 Å². The van der Waals surface area contributed by atoms with Crippen LogP contribution in [0.2, 0.25) is 0 Å². The molecule has 0 aliphatic rings. The zero-order chi connectivity index (χ0) is 15.6. The fourth-order valence-electron chi connectivity index (χ4n) is 1.67. The first kappa shape index (κ1) is 16.5. The minimum absolute atomic E-state index is 0.0634. The number of aromatic carboxylic acids is 1. The van der Waals surface area contributed by atoms with Gasteiger partial charge in [0, 0.05) is 17.8 Å². The Morgan fingerprint density at radius 1 is 1.30 bits per heavy atom. The Morgan fingerprint density at radius 3 is 2.35 bits per heavy atom. The predicted molar refractivity (Wildman–Crippen MR) is 77.6 cm³/mol. The second-order valence-corrected chi connectivity index (χ2v) is 7.08. The monoisotopic (exact) mass is 300 g/mol. The number of carboxylic acid groups (broad SMARTS) is 1. The van der Waals surface area contributed by atoms with E-state index in [-0.39, 0.29) is 10.5 Å². The molecule has 7 heteroatoms. The van der Waals surface area contributed by atoms with Gasteiger partial charge in [0.1, 0.15) is 0 Å². The van der Waals surface area contributed by atoms with E-state index in [4.69, 9.17) is 5.11 Å². The molecule has 0 heterocycles. The van der Waals surface area contributed by atoms with Gasteiger partial charge in [-0.1, -0.05) is 0 Å². The third-order valence-corrected chi connectivity index (χ3v) is 4.10. The molecule has 0 saturated carbocycles. The second-order valence-electron chi connectivity index (χ2n) is 5.40. The van der Waals surface area contributed by atoms with Gasteiger partial charge in [0.05, 0.1) is 10.5 Å². The zero-order valence-electron chi connectivity index (χ0n) is 12.0. The molecule has 0 aliphatic carbocycles. The molecule has 3 N–H and O–H groups in total. The lowest BCUT2D eigenvalue weighted by Crippen LogP contribution is -2.40. The van der Waals surface area contributed by atoms with Crippen LogP contribution >= 0.6 is 0 Å². The number of benzene rings is 1. The average Bonchev–Trinajstić information content (AvgIpc) is 2.26. The number of anilines is 1. The summed E-state index contributed by atoms with van der Waals surface area (Å²) in [4.78, 5) is 11.1. The Bertz CT molecular complexity index is 603. The molecule has 1 aromatic carbocycles. The van der Waals surface area contributed by atoms with Gasteiger partial charge >= 0.3 is 5.97 Å². The van der Waals surface area contributed by atoms with Gasteiger partial charge in [0.25, 0.3) is 0 Å². The standard InChI is InChI=1S/C13H20N2O4S/c1-5-14-11-7-6-9(8-10(11)12(16)17)20(18,19)15-13(2,3)4/h6-8,14-15H,5H2,1-4H3,(H,16,17). The van der Waals surface area contributed by atoms with Crippen molar-refractivity contribution in [3.63, 3.8) is 0 Å². The minimum Gasteiger partial charge on any atom is -0.478 e. The molecule has 0 saturated heterocycles. The second kappa shape index (κ2) is 5.80. The highest BCUT2D eigenvalue weighted by molar-refractivity contribution is 7.89. The van der Waals surface area contributed by atoms with Gasteiger partial charge in [-0.05, 0) is 45.9 Å². The summed E-state index contributed by atoms with van der Waals surface area (Å²) in [5.41, 5.74) is -0.305. The van der Waals surface area contributed by atoms with Crippen molar-refractivity contribution in [3.05, 3.63) is 23.8 Å². The van der Waals surface area contributed by atoms with Gasteiger partial charge in [-0.25, -0.2) is 17.9 Å². The quantitative estimate of drug-likeness (QED) is 0.772. The summed E-state index contributed by atoms with van der Waals surface area (Å²) in [5.74, 6) is -1.17. The summed E-state index contributed by atoms with van der Waals surface area (Å²) in [6.45, 7) is 7.53. The van der Waals surface area contributed by atoms with Gasteiger partial charge in [-0.2, -0.15) is 0 Å². The summed E-state index contributed by atoms with van der Waals surface area (Å²) in [7, 11) is -3.75. The van der Waals surface area contributed by atoms with Crippen molar-refractivity contribution in [2.75, 3.05) is 11.9 Å². The van der Waals surface area contributed by atoms with Crippen LogP contribution in [0.3, 0.4) is 0 Å². The third-order valence-electron chi connectivity index (χ3n) is 2.34. The Labute approximate surface area is 119 Å². The van der Waals surface area contributed by atoms with Crippen LogP contribution in [0.25, 0.3) is 0 Å². The van der Waals surface area contributed by atoms with Crippen molar-refractivity contribution >= 4 is 21.7 Å². The fourth-order valence-corrected chi connectivity index (χ4v) is 3.12. The lowest BCUT2D eigenvalue weighted by Gasteiger charge is -2.20. The van der Waals surface area contributed by atoms with Crippen LogP contribution in [0.1, 0.15) is 38.1 Å². The van der Waals surface area contributed by atoms with E-state index in [0.29, 0.717) is 12.2 Å². The molecule has 20 heavy (non-hydrogen) atoms. The highest BCUT2D eigenvalue weighted by atomic mass is 32.2. The average molecular weight is 300 g/mol. The Hall–Kier alpha value is -1.60. The Kier molecular flexibility index (Phi) is 4.77. The molecule has 0 unspecified atom stereocenters. The summed E-state index contributed by atoms with van der Waals surface area (Å²) in [6.07, 6.45) is 0. The van der Waals surface area contributed by atoms with Gasteiger partial charge < -0.3 is 10.4 Å². The third kappa shape index (κ3) is 4.21. The first-order chi connectivity index (χ1) is 9.07. The van der Waals surface area contributed by atoms with Crippen LogP contribution in [0.4, 0.5) is 5.69 Å². The van der Waals surface area contributed by atoms with Crippen molar-refractivity contribution in [2.24, 2.45) is 0 Å². The number of sulfonamides is 1. The SMILES string of the molecule is CCNc1ccc(S(=O)(=O)NC(C)(C)C)cc1C(=O)O. The van der Waals surface area contributed by atoms with Gasteiger partial charge in [0.2, 0.25) is 10.0 Å². The zero-order valence-corrected chi connectivity index (χ0v) is 12.8. The molecule has 0 spiro atoms. The topological polar surface area (TPSA) is 95.5 Å². The van der Waals surface area contributed by atoms with Gasteiger partial charge in [-0.3, -0.25) is 0 Å².